The number of rotatable bonds is 8. The Morgan fingerprint density at radius 3 is 1.14 bits per heavy atom. The summed E-state index contributed by atoms with van der Waals surface area (Å²) in [5, 5.41) is 0. The number of halogens is 2. The van der Waals surface area contributed by atoms with Gasteiger partial charge in [-0.2, -0.15) is 33.7 Å². The van der Waals surface area contributed by atoms with Crippen molar-refractivity contribution in [2.24, 2.45) is 0 Å². The molecule has 0 amide bonds. The average molecular weight is 400 g/mol. The molecule has 0 spiro atoms. The zero-order valence-corrected chi connectivity index (χ0v) is 12.5. The van der Waals surface area contributed by atoms with Crippen LogP contribution in [0.25, 0.3) is 0 Å². The molecular formula is C3H6F2O12S4. The summed E-state index contributed by atoms with van der Waals surface area (Å²) in [6.07, 6.45) is 0. The molecule has 0 aliphatic carbocycles. The molecule has 0 bridgehead atoms. The molecule has 0 saturated heterocycles. The van der Waals surface area contributed by atoms with Gasteiger partial charge in [-0.15, -0.1) is 0 Å². The van der Waals surface area contributed by atoms with Crippen molar-refractivity contribution in [3.63, 3.8) is 0 Å². The minimum absolute atomic E-state index is 2.06. The summed E-state index contributed by atoms with van der Waals surface area (Å²) in [7, 11) is -23.0. The number of alkyl halides is 2. The second-order valence-corrected chi connectivity index (χ2v) is 9.67. The highest BCUT2D eigenvalue weighted by Gasteiger charge is 2.41. The highest BCUT2D eigenvalue weighted by Crippen LogP contribution is 2.15. The third-order valence-electron chi connectivity index (χ3n) is 1.35. The van der Waals surface area contributed by atoms with Gasteiger partial charge in [-0.1, -0.05) is 0 Å². The van der Waals surface area contributed by atoms with Crippen molar-refractivity contribution in [3.05, 3.63) is 0 Å². The predicted molar refractivity (Wildman–Crippen MR) is 57.8 cm³/mol. The molecule has 0 fully saturated rings. The van der Waals surface area contributed by atoms with Crippen LogP contribution in [-0.4, -0.2) is 59.2 Å². The molecule has 0 heterocycles. The van der Waals surface area contributed by atoms with E-state index >= 15 is 0 Å². The van der Waals surface area contributed by atoms with Crippen LogP contribution in [-0.2, 0) is 48.8 Å². The second kappa shape index (κ2) is 6.32. The smallest absolute Gasteiger partial charge is 0.282 e. The summed E-state index contributed by atoms with van der Waals surface area (Å²) in [5.41, 5.74) is 0. The Kier molecular flexibility index (Phi) is 6.17. The lowest BCUT2D eigenvalue weighted by Gasteiger charge is -2.09. The fraction of sp³-hybridized carbons (Fsp3) is 1.00. The maximum Gasteiger partial charge on any atom is 0.348 e. The summed E-state index contributed by atoms with van der Waals surface area (Å²) in [4.78, 5) is -8.03. The standard InChI is InChI=1S/C3H6F2O12S4/c4-2(18(6,7)8)20(12,13)16-1-17-21(14,15)3(5)19(9,10)11/h2-3H,1H2,(H,6,7,8)(H,9,10,11). The number of hydrogen-bond donors (Lipinski definition) is 2. The zero-order chi connectivity index (χ0) is 17.3. The van der Waals surface area contributed by atoms with Gasteiger partial charge in [-0.05, 0) is 0 Å². The molecule has 21 heavy (non-hydrogen) atoms. The Balaban J connectivity index is 4.94. The highest BCUT2D eigenvalue weighted by atomic mass is 32.3. The lowest BCUT2D eigenvalue weighted by atomic mass is 11.6. The predicted octanol–water partition coefficient (Wildman–Crippen LogP) is -2.08. The van der Waals surface area contributed by atoms with E-state index in [0.29, 0.717) is 0 Å². The molecule has 0 aromatic rings. The van der Waals surface area contributed by atoms with E-state index in [1.807, 2.05) is 0 Å². The van der Waals surface area contributed by atoms with E-state index in [9.17, 15) is 42.5 Å². The molecular weight excluding hydrogens is 394 g/mol. The molecule has 128 valence electrons. The van der Waals surface area contributed by atoms with Crippen molar-refractivity contribution in [2.45, 2.75) is 9.67 Å². The summed E-state index contributed by atoms with van der Waals surface area (Å²) in [6, 6.07) is 0. The maximum absolute atomic E-state index is 12.7. The van der Waals surface area contributed by atoms with Gasteiger partial charge in [-0.3, -0.25) is 9.11 Å². The largest absolute Gasteiger partial charge is 0.348 e. The maximum atomic E-state index is 12.7. The van der Waals surface area contributed by atoms with Gasteiger partial charge < -0.3 is 0 Å². The first-order valence-corrected chi connectivity index (χ1v) is 9.94. The third-order valence-corrected chi connectivity index (χ3v) is 6.91. The summed E-state index contributed by atoms with van der Waals surface area (Å²) < 4.78 is 132. The molecule has 2 unspecified atom stereocenters. The van der Waals surface area contributed by atoms with E-state index in [4.69, 9.17) is 9.11 Å². The van der Waals surface area contributed by atoms with Crippen LogP contribution in [0.5, 0.6) is 0 Å². The molecule has 0 aliphatic heterocycles. The van der Waals surface area contributed by atoms with Crippen LogP contribution in [0, 0.1) is 0 Å². The fourth-order valence-electron chi connectivity index (χ4n) is 0.559. The summed E-state index contributed by atoms with van der Waals surface area (Å²) >= 11 is 0. The third kappa shape index (κ3) is 6.02. The first kappa shape index (κ1) is 20.5. The fourth-order valence-corrected chi connectivity index (χ4v) is 3.91. The van der Waals surface area contributed by atoms with E-state index in [1.165, 1.54) is 0 Å². The lowest BCUT2D eigenvalue weighted by molar-refractivity contribution is 0.125. The van der Waals surface area contributed by atoms with Crippen LogP contribution < -0.4 is 0 Å². The van der Waals surface area contributed by atoms with Crippen LogP contribution in [0.2, 0.25) is 0 Å². The minimum atomic E-state index is -5.76. The SMILES string of the molecule is O=S(=O)(O)C(F)S(=O)(=O)OCOS(=O)(=O)C(F)S(=O)(=O)O. The van der Waals surface area contributed by atoms with E-state index < -0.39 is 56.9 Å². The van der Waals surface area contributed by atoms with E-state index in [2.05, 4.69) is 8.37 Å². The molecule has 0 rings (SSSR count). The second-order valence-electron chi connectivity index (χ2n) is 2.92. The molecule has 0 aromatic heterocycles. The highest BCUT2D eigenvalue weighted by molar-refractivity contribution is 8.04. The zero-order valence-electron chi connectivity index (χ0n) is 9.23. The quantitative estimate of drug-likeness (QED) is 0.257. The Labute approximate surface area is 117 Å². The van der Waals surface area contributed by atoms with E-state index in [-0.39, 0.29) is 0 Å². The van der Waals surface area contributed by atoms with Gasteiger partial charge in [0.2, 0.25) is 0 Å². The van der Waals surface area contributed by atoms with Crippen LogP contribution >= 0.6 is 0 Å². The first-order valence-electron chi connectivity index (χ1n) is 3.99. The molecule has 0 radical (unpaired) electrons. The summed E-state index contributed by atoms with van der Waals surface area (Å²) in [6.45, 7) is -2.06. The molecule has 18 heteroatoms. The van der Waals surface area contributed by atoms with Gasteiger partial charge in [0.15, 0.2) is 6.79 Å². The van der Waals surface area contributed by atoms with Crippen molar-refractivity contribution in [1.82, 2.24) is 0 Å². The Morgan fingerprint density at radius 1 is 0.714 bits per heavy atom. The molecule has 0 aliphatic rings. The van der Waals surface area contributed by atoms with Gasteiger partial charge in [0.25, 0.3) is 0 Å². The van der Waals surface area contributed by atoms with Gasteiger partial charge in [0.1, 0.15) is 0 Å². The van der Waals surface area contributed by atoms with Gasteiger partial charge in [-0.25, -0.2) is 17.1 Å². The lowest BCUT2D eigenvalue weighted by Crippen LogP contribution is -2.31. The van der Waals surface area contributed by atoms with Crippen LogP contribution in [0.15, 0.2) is 0 Å². The van der Waals surface area contributed by atoms with E-state index in [1.54, 1.807) is 0 Å². The monoisotopic (exact) mass is 400 g/mol. The minimum Gasteiger partial charge on any atom is -0.282 e. The van der Waals surface area contributed by atoms with Gasteiger partial charge >= 0.3 is 50.1 Å². The van der Waals surface area contributed by atoms with Crippen molar-refractivity contribution >= 4 is 40.5 Å². The van der Waals surface area contributed by atoms with Crippen molar-refractivity contribution in [3.8, 4) is 0 Å². The normalized spacial score (nSPS) is 17.3. The number of hydrogen-bond acceptors (Lipinski definition) is 10. The Bertz CT molecular complexity index is 705. The molecule has 2 N–H and O–H groups in total. The molecule has 2 atom stereocenters. The Morgan fingerprint density at radius 2 is 0.952 bits per heavy atom. The van der Waals surface area contributed by atoms with Gasteiger partial charge in [0, 0.05) is 0 Å². The molecule has 0 aromatic carbocycles. The van der Waals surface area contributed by atoms with Crippen LogP contribution in [0.1, 0.15) is 0 Å². The Hall–Kier alpha value is -0.500. The topological polar surface area (TPSA) is 195 Å². The van der Waals surface area contributed by atoms with Crippen molar-refractivity contribution in [2.75, 3.05) is 6.79 Å². The van der Waals surface area contributed by atoms with Crippen molar-refractivity contribution < 1.29 is 59.9 Å². The van der Waals surface area contributed by atoms with Crippen LogP contribution in [0.4, 0.5) is 8.78 Å². The summed E-state index contributed by atoms with van der Waals surface area (Å²) in [5.74, 6) is 0. The van der Waals surface area contributed by atoms with Gasteiger partial charge in [0.05, 0.1) is 0 Å². The molecule has 0 saturated carbocycles. The average Bonchev–Trinajstić information content (AvgIpc) is 2.23. The molecule has 12 nitrogen and oxygen atoms in total. The van der Waals surface area contributed by atoms with Crippen molar-refractivity contribution in [1.29, 1.82) is 0 Å². The van der Waals surface area contributed by atoms with E-state index in [0.717, 1.165) is 0 Å². The first-order chi connectivity index (χ1) is 9.02. The van der Waals surface area contributed by atoms with Crippen LogP contribution in [0.3, 0.4) is 0 Å².